The van der Waals surface area contributed by atoms with Crippen LogP contribution < -0.4 is 5.32 Å². The Morgan fingerprint density at radius 2 is 2.00 bits per heavy atom. The van der Waals surface area contributed by atoms with Crippen LogP contribution in [0.3, 0.4) is 0 Å². The summed E-state index contributed by atoms with van der Waals surface area (Å²) < 4.78 is 5.01. The van der Waals surface area contributed by atoms with Crippen molar-refractivity contribution < 1.29 is 14.3 Å². The van der Waals surface area contributed by atoms with E-state index in [0.29, 0.717) is 25.6 Å². The summed E-state index contributed by atoms with van der Waals surface area (Å²) in [5, 5.41) is 4.19. The first-order valence-electron chi connectivity index (χ1n) is 8.28. The normalized spacial score (nSPS) is 18.8. The Hall–Kier alpha value is -1.63. The molecule has 1 aliphatic heterocycles. The van der Waals surface area contributed by atoms with Crippen molar-refractivity contribution in [3.63, 3.8) is 0 Å². The number of ether oxygens (including phenoxy) is 1. The van der Waals surface area contributed by atoms with E-state index in [-0.39, 0.29) is 18.0 Å². The van der Waals surface area contributed by atoms with Crippen LogP contribution in [0, 0.1) is 6.92 Å². The van der Waals surface area contributed by atoms with Gasteiger partial charge in [0.2, 0.25) is 0 Å². The van der Waals surface area contributed by atoms with Crippen molar-refractivity contribution in [2.45, 2.75) is 51.5 Å². The first kappa shape index (κ1) is 16.2. The van der Waals surface area contributed by atoms with Crippen LogP contribution in [0.5, 0.6) is 0 Å². The molecule has 0 spiro atoms. The molecule has 23 heavy (non-hydrogen) atoms. The minimum Gasteiger partial charge on any atom is -0.450 e. The molecule has 1 aromatic heterocycles. The zero-order valence-electron chi connectivity index (χ0n) is 13.6. The Labute approximate surface area is 140 Å². The van der Waals surface area contributed by atoms with Crippen molar-refractivity contribution in [3.8, 4) is 0 Å². The summed E-state index contributed by atoms with van der Waals surface area (Å²) in [4.78, 5) is 31.1. The predicted molar refractivity (Wildman–Crippen MR) is 87.9 cm³/mol. The molecule has 6 nitrogen and oxygen atoms in total. The molecule has 1 N–H and O–H groups in total. The monoisotopic (exact) mass is 337 g/mol. The highest BCUT2D eigenvalue weighted by atomic mass is 32.1. The molecule has 2 amide bonds. The first-order chi connectivity index (χ1) is 11.1. The number of aryl methyl sites for hydroxylation is 1. The lowest BCUT2D eigenvalue weighted by atomic mass is 10.1. The zero-order chi connectivity index (χ0) is 16.4. The van der Waals surface area contributed by atoms with Gasteiger partial charge in [-0.1, -0.05) is 0 Å². The maximum atomic E-state index is 12.5. The molecule has 3 rings (SSSR count). The van der Waals surface area contributed by atoms with Crippen molar-refractivity contribution in [1.29, 1.82) is 0 Å². The van der Waals surface area contributed by atoms with Crippen LogP contribution in [0.4, 0.5) is 4.79 Å². The van der Waals surface area contributed by atoms with Crippen LogP contribution in [0.1, 0.15) is 58.9 Å². The van der Waals surface area contributed by atoms with Crippen LogP contribution in [0.25, 0.3) is 0 Å². The van der Waals surface area contributed by atoms with Crippen LogP contribution in [0.2, 0.25) is 0 Å². The van der Waals surface area contributed by atoms with Crippen molar-refractivity contribution in [2.75, 3.05) is 19.7 Å². The molecule has 2 fully saturated rings. The van der Waals surface area contributed by atoms with Gasteiger partial charge in [-0.25, -0.2) is 9.78 Å². The maximum absolute atomic E-state index is 12.5. The van der Waals surface area contributed by atoms with Gasteiger partial charge in [0.25, 0.3) is 5.91 Å². The number of hydrogen-bond acceptors (Lipinski definition) is 5. The highest BCUT2D eigenvalue weighted by Crippen LogP contribution is 2.42. The van der Waals surface area contributed by atoms with Gasteiger partial charge in [-0.3, -0.25) is 4.79 Å². The number of carbonyl (C=O) groups excluding carboxylic acids is 2. The van der Waals surface area contributed by atoms with E-state index >= 15 is 0 Å². The first-order valence-corrected chi connectivity index (χ1v) is 9.10. The van der Waals surface area contributed by atoms with E-state index in [9.17, 15) is 9.59 Å². The summed E-state index contributed by atoms with van der Waals surface area (Å²) in [6, 6.07) is 0.110. The molecule has 0 radical (unpaired) electrons. The molecule has 7 heteroatoms. The van der Waals surface area contributed by atoms with Crippen LogP contribution >= 0.6 is 11.3 Å². The highest BCUT2D eigenvalue weighted by Gasteiger charge is 2.30. The average Bonchev–Trinajstić information content (AvgIpc) is 3.31. The second-order valence-electron chi connectivity index (χ2n) is 6.17. The van der Waals surface area contributed by atoms with Crippen LogP contribution in [0.15, 0.2) is 0 Å². The van der Waals surface area contributed by atoms with E-state index in [1.165, 1.54) is 24.2 Å². The Morgan fingerprint density at radius 1 is 1.30 bits per heavy atom. The van der Waals surface area contributed by atoms with E-state index in [2.05, 4.69) is 10.3 Å². The summed E-state index contributed by atoms with van der Waals surface area (Å²) >= 11 is 1.53. The van der Waals surface area contributed by atoms with Crippen molar-refractivity contribution >= 4 is 23.3 Å². The molecule has 1 saturated carbocycles. The van der Waals surface area contributed by atoms with Crippen molar-refractivity contribution in [1.82, 2.24) is 15.2 Å². The van der Waals surface area contributed by atoms with Gasteiger partial charge in [0.1, 0.15) is 4.88 Å². The molecule has 2 aliphatic rings. The summed E-state index contributed by atoms with van der Waals surface area (Å²) in [7, 11) is 0. The number of hydrogen-bond donors (Lipinski definition) is 1. The van der Waals surface area contributed by atoms with Crippen LogP contribution in [-0.4, -0.2) is 47.6 Å². The number of thiazole rings is 1. The Bertz CT molecular complexity index is 589. The smallest absolute Gasteiger partial charge is 0.409 e. The van der Waals surface area contributed by atoms with E-state index in [1.807, 2.05) is 6.92 Å². The fraction of sp³-hybridized carbons (Fsp3) is 0.688. The van der Waals surface area contributed by atoms with E-state index < -0.39 is 0 Å². The second kappa shape index (κ2) is 6.86. The molecular formula is C16H23N3O3S. The van der Waals surface area contributed by atoms with Gasteiger partial charge < -0.3 is 15.0 Å². The number of aromatic nitrogens is 1. The van der Waals surface area contributed by atoms with Gasteiger partial charge in [0.05, 0.1) is 17.3 Å². The Balaban J connectivity index is 1.52. The molecular weight excluding hydrogens is 314 g/mol. The summed E-state index contributed by atoms with van der Waals surface area (Å²) in [5.74, 6) is 0.551. The number of nitrogens with one attached hydrogen (secondary N) is 1. The fourth-order valence-corrected chi connectivity index (χ4v) is 3.94. The number of piperidine rings is 1. The molecule has 1 saturated heterocycles. The molecule has 1 aromatic rings. The minimum atomic E-state index is -0.260. The maximum Gasteiger partial charge on any atom is 0.409 e. The third-order valence-electron chi connectivity index (χ3n) is 4.30. The summed E-state index contributed by atoms with van der Waals surface area (Å²) in [5.41, 5.74) is 0.832. The minimum absolute atomic E-state index is 0.0264. The topological polar surface area (TPSA) is 71.5 Å². The molecule has 0 aromatic carbocycles. The van der Waals surface area contributed by atoms with Gasteiger partial charge in [0, 0.05) is 25.0 Å². The SMILES string of the molecule is CCOC(=O)N1CCC(NC(=O)c2sc(C3CC3)nc2C)CC1. The van der Waals surface area contributed by atoms with Gasteiger partial charge in [-0.2, -0.15) is 0 Å². The zero-order valence-corrected chi connectivity index (χ0v) is 14.4. The molecule has 0 atom stereocenters. The van der Waals surface area contributed by atoms with Gasteiger partial charge in [-0.15, -0.1) is 11.3 Å². The Kier molecular flexibility index (Phi) is 4.84. The van der Waals surface area contributed by atoms with Crippen molar-refractivity contribution in [3.05, 3.63) is 15.6 Å². The number of rotatable bonds is 4. The molecule has 0 bridgehead atoms. The van der Waals surface area contributed by atoms with E-state index in [0.717, 1.165) is 28.4 Å². The third-order valence-corrected chi connectivity index (χ3v) is 5.62. The number of likely N-dealkylation sites (tertiary alicyclic amines) is 1. The third kappa shape index (κ3) is 3.83. The van der Waals surface area contributed by atoms with Gasteiger partial charge in [-0.05, 0) is 39.5 Å². The van der Waals surface area contributed by atoms with Gasteiger partial charge >= 0.3 is 6.09 Å². The number of amides is 2. The predicted octanol–water partition coefficient (Wildman–Crippen LogP) is 2.68. The molecule has 1 aliphatic carbocycles. The average molecular weight is 337 g/mol. The lowest BCUT2D eigenvalue weighted by Gasteiger charge is -2.31. The molecule has 2 heterocycles. The highest BCUT2D eigenvalue weighted by molar-refractivity contribution is 7.13. The number of carbonyl (C=O) groups is 2. The lowest BCUT2D eigenvalue weighted by Crippen LogP contribution is -2.46. The summed E-state index contributed by atoms with van der Waals surface area (Å²) in [6.07, 6.45) is 3.65. The van der Waals surface area contributed by atoms with Crippen molar-refractivity contribution in [2.24, 2.45) is 0 Å². The largest absolute Gasteiger partial charge is 0.450 e. The quantitative estimate of drug-likeness (QED) is 0.917. The van der Waals surface area contributed by atoms with E-state index in [1.54, 1.807) is 11.8 Å². The fourth-order valence-electron chi connectivity index (χ4n) is 2.80. The van der Waals surface area contributed by atoms with Gasteiger partial charge in [0.15, 0.2) is 0 Å². The molecule has 126 valence electrons. The number of nitrogens with zero attached hydrogens (tertiary/aromatic N) is 2. The van der Waals surface area contributed by atoms with Crippen LogP contribution in [-0.2, 0) is 4.74 Å². The van der Waals surface area contributed by atoms with E-state index in [4.69, 9.17) is 4.74 Å². The standard InChI is InChI=1S/C16H23N3O3S/c1-3-22-16(21)19-8-6-12(7-9-19)18-14(20)13-10(2)17-15(23-13)11-4-5-11/h11-12H,3-9H2,1-2H3,(H,18,20). The second-order valence-corrected chi connectivity index (χ2v) is 7.21. The molecule has 0 unspecified atom stereocenters. The Morgan fingerprint density at radius 3 is 2.61 bits per heavy atom. The lowest BCUT2D eigenvalue weighted by molar-refractivity contribution is 0.0862. The summed E-state index contributed by atoms with van der Waals surface area (Å²) in [6.45, 7) is 5.35.